The minimum Gasteiger partial charge on any atom is -0.481 e. The van der Waals surface area contributed by atoms with Gasteiger partial charge in [-0.15, -0.1) is 0 Å². The van der Waals surface area contributed by atoms with Gasteiger partial charge in [0, 0.05) is 29.5 Å². The number of anilines is 3. The zero-order valence-corrected chi connectivity index (χ0v) is 21.1. The van der Waals surface area contributed by atoms with Gasteiger partial charge in [0.05, 0.1) is 43.0 Å². The Kier molecular flexibility index (Phi) is 8.27. The van der Waals surface area contributed by atoms with Crippen molar-refractivity contribution in [1.82, 2.24) is 9.97 Å². The second-order valence-electron chi connectivity index (χ2n) is 9.40. The molecule has 188 valence electrons. The summed E-state index contributed by atoms with van der Waals surface area (Å²) in [5.74, 6) is -0.0196. The lowest BCUT2D eigenvalue weighted by atomic mass is 9.81. The van der Waals surface area contributed by atoms with Gasteiger partial charge in [0.25, 0.3) is 0 Å². The molecule has 34 heavy (non-hydrogen) atoms. The number of nitrogens with one attached hydrogen (secondary N) is 1. The molecule has 9 nitrogen and oxygen atoms in total. The van der Waals surface area contributed by atoms with Crippen LogP contribution in [0, 0.1) is 0 Å². The summed E-state index contributed by atoms with van der Waals surface area (Å²) in [5.41, 5.74) is 2.84. The lowest BCUT2D eigenvalue weighted by molar-refractivity contribution is -0.138. The molecule has 1 saturated heterocycles. The number of carbonyl (C=O) groups is 1. The number of carboxylic acids is 1. The normalized spacial score (nSPS) is 17.1. The van der Waals surface area contributed by atoms with Gasteiger partial charge in [-0.1, -0.05) is 26.8 Å². The van der Waals surface area contributed by atoms with Crippen molar-refractivity contribution >= 4 is 33.6 Å². The number of rotatable bonds is 10. The maximum Gasteiger partial charge on any atom is 0.316 e. The van der Waals surface area contributed by atoms with E-state index in [-0.39, 0.29) is 18.5 Å². The standard InChI is InChI=1S/C24H36N4O5S/c1-5-10-28(19-8-11-34(31,32)12-9-19)21-7-6-17(24(2,3)14-22(29)30)13-20(21)27-18-15-25-23(33-4)26-16-18/h6-7,13,15-16,19,27,31-32H,5,8-12,14H2,1-4H3,(H,29,30). The number of aliphatic carboxylic acids is 1. The van der Waals surface area contributed by atoms with Crippen molar-refractivity contribution in [3.05, 3.63) is 36.2 Å². The van der Waals surface area contributed by atoms with Crippen molar-refractivity contribution in [2.24, 2.45) is 0 Å². The molecule has 0 atom stereocenters. The number of hydrogen-bond donors (Lipinski definition) is 4. The van der Waals surface area contributed by atoms with Gasteiger partial charge in [0.2, 0.25) is 0 Å². The number of hydrogen-bond acceptors (Lipinski definition) is 8. The highest BCUT2D eigenvalue weighted by Gasteiger charge is 2.30. The summed E-state index contributed by atoms with van der Waals surface area (Å²) >= 11 is 0. The van der Waals surface area contributed by atoms with E-state index in [4.69, 9.17) is 4.74 Å². The van der Waals surface area contributed by atoms with Gasteiger partial charge in [-0.25, -0.2) is 9.97 Å². The van der Waals surface area contributed by atoms with Gasteiger partial charge in [-0.3, -0.25) is 13.9 Å². The van der Waals surface area contributed by atoms with E-state index in [1.54, 1.807) is 12.4 Å². The SMILES string of the molecule is CCCN(c1ccc(C(C)(C)CC(=O)O)cc1Nc1cnc(OC)nc1)C1CCS(O)(O)CC1. The number of nitrogens with zero attached hydrogens (tertiary/aromatic N) is 3. The molecule has 0 bridgehead atoms. The van der Waals surface area contributed by atoms with Crippen LogP contribution in [0.2, 0.25) is 0 Å². The average Bonchev–Trinajstić information content (AvgIpc) is 2.78. The highest BCUT2D eigenvalue weighted by molar-refractivity contribution is 8.24. The third kappa shape index (κ3) is 6.52. The molecular formula is C24H36N4O5S. The zero-order chi connectivity index (χ0) is 24.9. The summed E-state index contributed by atoms with van der Waals surface area (Å²) in [6.45, 7) is 6.78. The van der Waals surface area contributed by atoms with E-state index in [1.165, 1.54) is 7.11 Å². The van der Waals surface area contributed by atoms with Gasteiger partial charge >= 0.3 is 12.0 Å². The van der Waals surface area contributed by atoms with E-state index in [0.29, 0.717) is 30.0 Å². The Bertz CT molecular complexity index is 974. The minimum absolute atomic E-state index is 0.0105. The molecule has 2 aromatic rings. The fraction of sp³-hybridized carbons (Fsp3) is 0.542. The van der Waals surface area contributed by atoms with Gasteiger partial charge in [0.1, 0.15) is 0 Å². The van der Waals surface area contributed by atoms with Crippen LogP contribution in [0.25, 0.3) is 0 Å². The van der Waals surface area contributed by atoms with E-state index >= 15 is 0 Å². The Morgan fingerprint density at radius 3 is 2.44 bits per heavy atom. The van der Waals surface area contributed by atoms with Crippen LogP contribution in [-0.4, -0.2) is 61.4 Å². The smallest absolute Gasteiger partial charge is 0.316 e. The van der Waals surface area contributed by atoms with Gasteiger partial charge in [-0.2, -0.15) is 10.6 Å². The molecule has 0 aliphatic carbocycles. The van der Waals surface area contributed by atoms with Crippen LogP contribution in [0.4, 0.5) is 17.1 Å². The fourth-order valence-corrected chi connectivity index (χ4v) is 5.88. The second-order valence-corrected chi connectivity index (χ2v) is 11.8. The average molecular weight is 493 g/mol. The van der Waals surface area contributed by atoms with Gasteiger partial charge < -0.3 is 20.1 Å². The van der Waals surface area contributed by atoms with E-state index < -0.39 is 22.0 Å². The third-order valence-corrected chi connectivity index (χ3v) is 8.01. The van der Waals surface area contributed by atoms with Crippen molar-refractivity contribution in [3.8, 4) is 6.01 Å². The summed E-state index contributed by atoms with van der Waals surface area (Å²) in [4.78, 5) is 22.1. The molecule has 1 aromatic carbocycles. The van der Waals surface area contributed by atoms with Crippen LogP contribution in [-0.2, 0) is 10.2 Å². The summed E-state index contributed by atoms with van der Waals surface area (Å²) in [5, 5.41) is 12.8. The van der Waals surface area contributed by atoms with E-state index in [2.05, 4.69) is 27.1 Å². The van der Waals surface area contributed by atoms with Crippen molar-refractivity contribution in [3.63, 3.8) is 0 Å². The Morgan fingerprint density at radius 1 is 1.24 bits per heavy atom. The van der Waals surface area contributed by atoms with Crippen LogP contribution in [0.15, 0.2) is 30.6 Å². The molecular weight excluding hydrogens is 456 g/mol. The van der Waals surface area contributed by atoms with Crippen molar-refractivity contribution in [1.29, 1.82) is 0 Å². The Hall–Kier alpha value is -2.56. The van der Waals surface area contributed by atoms with Crippen LogP contribution in [0.3, 0.4) is 0 Å². The Balaban J connectivity index is 2.01. The van der Waals surface area contributed by atoms with Crippen LogP contribution < -0.4 is 15.0 Å². The lowest BCUT2D eigenvalue weighted by Crippen LogP contribution is -2.41. The highest BCUT2D eigenvalue weighted by Crippen LogP contribution is 2.46. The summed E-state index contributed by atoms with van der Waals surface area (Å²) in [6, 6.07) is 6.49. The zero-order valence-electron chi connectivity index (χ0n) is 20.3. The molecule has 1 aliphatic rings. The van der Waals surface area contributed by atoms with E-state index in [9.17, 15) is 19.0 Å². The molecule has 1 aliphatic heterocycles. The first kappa shape index (κ1) is 26.1. The van der Waals surface area contributed by atoms with Gasteiger partial charge in [-0.05, 0) is 37.0 Å². The molecule has 1 aromatic heterocycles. The molecule has 0 saturated carbocycles. The monoisotopic (exact) mass is 492 g/mol. The van der Waals surface area contributed by atoms with Crippen molar-refractivity contribution in [2.75, 3.05) is 35.4 Å². The molecule has 4 N–H and O–H groups in total. The summed E-state index contributed by atoms with van der Waals surface area (Å²) < 4.78 is 25.3. The number of ether oxygens (including phenoxy) is 1. The van der Waals surface area contributed by atoms with E-state index in [1.807, 2.05) is 32.0 Å². The summed E-state index contributed by atoms with van der Waals surface area (Å²) in [7, 11) is -0.965. The topological polar surface area (TPSA) is 128 Å². The molecule has 0 radical (unpaired) electrons. The van der Waals surface area contributed by atoms with Crippen LogP contribution >= 0.6 is 10.6 Å². The minimum atomic E-state index is -2.48. The third-order valence-electron chi connectivity index (χ3n) is 6.23. The van der Waals surface area contributed by atoms with Crippen LogP contribution in [0.1, 0.15) is 52.0 Å². The number of carboxylic acid groups (broad SMARTS) is 1. The first-order chi connectivity index (χ1) is 16.0. The summed E-state index contributed by atoms with van der Waals surface area (Å²) in [6.07, 6.45) is 5.65. The molecule has 2 heterocycles. The van der Waals surface area contributed by atoms with Gasteiger partial charge in [0.15, 0.2) is 0 Å². The maximum atomic E-state index is 11.5. The van der Waals surface area contributed by atoms with E-state index in [0.717, 1.165) is 29.9 Å². The van der Waals surface area contributed by atoms with Crippen LogP contribution in [0.5, 0.6) is 6.01 Å². The van der Waals surface area contributed by atoms with Crippen molar-refractivity contribution < 1.29 is 23.7 Å². The fourth-order valence-electron chi connectivity index (χ4n) is 4.38. The second kappa shape index (κ2) is 10.8. The predicted octanol–water partition coefficient (Wildman–Crippen LogP) is 5.11. The Labute approximate surface area is 202 Å². The molecule has 0 amide bonds. The first-order valence-corrected chi connectivity index (χ1v) is 13.4. The number of aromatic nitrogens is 2. The quantitative estimate of drug-likeness (QED) is 0.357. The number of methoxy groups -OCH3 is 1. The molecule has 1 fully saturated rings. The largest absolute Gasteiger partial charge is 0.481 e. The number of benzene rings is 1. The van der Waals surface area contributed by atoms with Crippen molar-refractivity contribution in [2.45, 2.75) is 57.9 Å². The predicted molar refractivity (Wildman–Crippen MR) is 137 cm³/mol. The molecule has 0 unspecified atom stereocenters. The highest BCUT2D eigenvalue weighted by atomic mass is 32.3. The maximum absolute atomic E-state index is 11.5. The molecule has 10 heteroatoms. The first-order valence-electron chi connectivity index (χ1n) is 11.5. The molecule has 3 rings (SSSR count). The lowest BCUT2D eigenvalue weighted by Gasteiger charge is -2.44. The Morgan fingerprint density at radius 2 is 1.88 bits per heavy atom. The molecule has 0 spiro atoms.